The molecule has 0 spiro atoms. The zero-order chi connectivity index (χ0) is 33.1. The number of aromatic nitrogens is 1. The first-order chi connectivity index (χ1) is 22.8. The Hall–Kier alpha value is -5.53. The molecule has 1 amide bonds. The Balaban J connectivity index is 1.24. The number of aromatic hydroxyl groups is 1. The van der Waals surface area contributed by atoms with Crippen LogP contribution in [0.15, 0.2) is 66.9 Å². The molecule has 0 bridgehead atoms. The van der Waals surface area contributed by atoms with Gasteiger partial charge in [0.1, 0.15) is 29.3 Å². The van der Waals surface area contributed by atoms with E-state index in [1.807, 2.05) is 24.3 Å². The van der Waals surface area contributed by atoms with E-state index in [-0.39, 0.29) is 28.7 Å². The van der Waals surface area contributed by atoms with Crippen molar-refractivity contribution in [1.29, 1.82) is 10.5 Å². The number of piperidine rings is 1. The van der Waals surface area contributed by atoms with Crippen LogP contribution in [0.2, 0.25) is 0 Å². The molecule has 1 aliphatic heterocycles. The maximum absolute atomic E-state index is 14.9. The Kier molecular flexibility index (Phi) is 9.00. The number of phenols is 1. The van der Waals surface area contributed by atoms with Gasteiger partial charge in [0, 0.05) is 47.7 Å². The van der Waals surface area contributed by atoms with Crippen LogP contribution in [0.5, 0.6) is 11.5 Å². The summed E-state index contributed by atoms with van der Waals surface area (Å²) in [6, 6.07) is 21.2. The van der Waals surface area contributed by atoms with Gasteiger partial charge in [-0.1, -0.05) is 24.3 Å². The number of carbonyl (C=O) groups is 1. The number of carbonyl (C=O) groups excluding carboxylic acids is 1. The number of methoxy groups -OCH3 is 1. The van der Waals surface area contributed by atoms with Gasteiger partial charge in [0.2, 0.25) is 0 Å². The van der Waals surface area contributed by atoms with Crippen molar-refractivity contribution >= 4 is 33.1 Å². The normalized spacial score (nSPS) is 13.3. The molecule has 0 unspecified atom stereocenters. The average molecular weight is 649 g/mol. The number of rotatable bonds is 8. The van der Waals surface area contributed by atoms with E-state index in [4.69, 9.17) is 14.9 Å². The molecular formula is C35H29FN6O4S. The number of fused-ring (bicyclic) bond motifs is 1. The number of nitrogens with zero attached hydrogens (tertiary/aromatic N) is 4. The second-order valence-electron chi connectivity index (χ2n) is 11.1. The molecule has 10 nitrogen and oxygen atoms in total. The lowest BCUT2D eigenvalue weighted by Gasteiger charge is -2.34. The van der Waals surface area contributed by atoms with Gasteiger partial charge in [0.05, 0.1) is 17.6 Å². The highest BCUT2D eigenvalue weighted by Crippen LogP contribution is 2.41. The van der Waals surface area contributed by atoms with Gasteiger partial charge in [0.15, 0.2) is 11.5 Å². The molecule has 0 saturated carbocycles. The van der Waals surface area contributed by atoms with E-state index >= 15 is 0 Å². The average Bonchev–Trinajstić information content (AvgIpc) is 3.53. The molecule has 1 saturated heterocycles. The van der Waals surface area contributed by atoms with Crippen LogP contribution in [0.1, 0.15) is 39.2 Å². The maximum atomic E-state index is 14.9. The van der Waals surface area contributed by atoms with E-state index in [2.05, 4.69) is 16.3 Å². The van der Waals surface area contributed by atoms with Gasteiger partial charge in [-0.25, -0.2) is 14.9 Å². The summed E-state index contributed by atoms with van der Waals surface area (Å²) in [5.41, 5.74) is 4.87. The van der Waals surface area contributed by atoms with Crippen LogP contribution < -0.4 is 20.4 Å². The molecule has 5 aromatic rings. The number of anilines is 1. The van der Waals surface area contributed by atoms with Crippen LogP contribution >= 0.6 is 11.3 Å². The summed E-state index contributed by atoms with van der Waals surface area (Å²) in [7, 11) is 1.45. The largest absolute Gasteiger partial charge is 0.504 e. The molecule has 12 heteroatoms. The highest BCUT2D eigenvalue weighted by atomic mass is 32.1. The van der Waals surface area contributed by atoms with E-state index in [1.165, 1.54) is 36.6 Å². The minimum Gasteiger partial charge on any atom is -0.504 e. The number of hydroxylamine groups is 1. The molecule has 2 aromatic heterocycles. The zero-order valence-corrected chi connectivity index (χ0v) is 26.1. The van der Waals surface area contributed by atoms with Crippen molar-refractivity contribution in [2.75, 3.05) is 25.1 Å². The number of phenolic OH excluding ortho intramolecular Hbond substituents is 1. The topological polar surface area (TPSA) is 155 Å². The quantitative estimate of drug-likeness (QED) is 0.115. The lowest BCUT2D eigenvalue weighted by molar-refractivity contribution is 0.0711. The molecule has 0 atom stereocenters. The van der Waals surface area contributed by atoms with E-state index < -0.39 is 11.7 Å². The van der Waals surface area contributed by atoms with E-state index in [0.29, 0.717) is 52.6 Å². The Bertz CT molecular complexity index is 2080. The fourth-order valence-electron chi connectivity index (χ4n) is 5.89. The zero-order valence-electron chi connectivity index (χ0n) is 25.2. The molecule has 3 aromatic carbocycles. The third-order valence-corrected chi connectivity index (χ3v) is 9.43. The molecule has 6 rings (SSSR count). The van der Waals surface area contributed by atoms with Crippen molar-refractivity contribution in [3.05, 3.63) is 94.2 Å². The minimum atomic E-state index is -0.697. The lowest BCUT2D eigenvalue weighted by Crippen LogP contribution is -2.42. The van der Waals surface area contributed by atoms with Crippen molar-refractivity contribution in [3.8, 4) is 45.9 Å². The molecule has 1 aliphatic rings. The number of ether oxygens (including phenoxy) is 1. The molecule has 4 N–H and O–H groups in total. The van der Waals surface area contributed by atoms with Crippen molar-refractivity contribution in [2.24, 2.45) is 0 Å². The van der Waals surface area contributed by atoms with Crippen molar-refractivity contribution in [3.63, 3.8) is 0 Å². The van der Waals surface area contributed by atoms with Gasteiger partial charge in [-0.2, -0.15) is 10.5 Å². The molecule has 3 heterocycles. The first-order valence-electron chi connectivity index (χ1n) is 14.8. The van der Waals surface area contributed by atoms with Gasteiger partial charge in [-0.05, 0) is 71.3 Å². The van der Waals surface area contributed by atoms with Crippen LogP contribution in [-0.4, -0.2) is 47.4 Å². The predicted molar refractivity (Wildman–Crippen MR) is 176 cm³/mol. The summed E-state index contributed by atoms with van der Waals surface area (Å²) in [6.07, 6.45) is 3.22. The van der Waals surface area contributed by atoms with Gasteiger partial charge >= 0.3 is 0 Å². The van der Waals surface area contributed by atoms with Gasteiger partial charge < -0.3 is 20.1 Å². The fraction of sp³-hybridized carbons (Fsp3) is 0.200. The summed E-state index contributed by atoms with van der Waals surface area (Å²) in [6.45, 7) is 1.90. The lowest BCUT2D eigenvalue weighted by atomic mass is 9.91. The molecule has 0 aliphatic carbocycles. The summed E-state index contributed by atoms with van der Waals surface area (Å²) >= 11 is 1.32. The van der Waals surface area contributed by atoms with Gasteiger partial charge in [-0.15, -0.1) is 11.3 Å². The highest BCUT2D eigenvalue weighted by Gasteiger charge is 2.26. The number of amides is 1. The minimum absolute atomic E-state index is 0.0896. The van der Waals surface area contributed by atoms with Crippen LogP contribution in [0.3, 0.4) is 0 Å². The van der Waals surface area contributed by atoms with Crippen LogP contribution in [0, 0.1) is 28.5 Å². The number of pyridine rings is 1. The van der Waals surface area contributed by atoms with E-state index in [0.717, 1.165) is 28.5 Å². The van der Waals surface area contributed by atoms with Crippen LogP contribution in [0.4, 0.5) is 10.2 Å². The summed E-state index contributed by atoms with van der Waals surface area (Å²) in [5, 5.41) is 43.7. The monoisotopic (exact) mass is 648 g/mol. The third-order valence-electron chi connectivity index (χ3n) is 8.34. The predicted octanol–water partition coefficient (Wildman–Crippen LogP) is 6.10. The Morgan fingerprint density at radius 2 is 1.87 bits per heavy atom. The van der Waals surface area contributed by atoms with Gasteiger partial charge in [-0.3, -0.25) is 10.0 Å². The van der Waals surface area contributed by atoms with E-state index in [1.54, 1.807) is 35.9 Å². The number of thiophene rings is 1. The molecule has 0 radical (unpaired) electrons. The Morgan fingerprint density at radius 1 is 1.09 bits per heavy atom. The standard InChI is InChI=1S/C35H29FN6O4S/c1-46-30-7-6-21(14-29(30)43)27-19-40-34(26(17-38)33(27)23-4-5-24(16-37)28(36)13-23)42-10-8-25(9-11-42)39-18-20-2-3-22-15-32(35(44)41-45)47-31(22)12-20/h2-7,12-15,19,25,39,43,45H,8-11,18H2,1H3,(H,41,44). The second-order valence-corrected chi connectivity index (χ2v) is 12.2. The van der Waals surface area contributed by atoms with E-state index in [9.17, 15) is 24.8 Å². The summed E-state index contributed by atoms with van der Waals surface area (Å²) in [5.74, 6) is -0.546. The Labute approximate surface area is 273 Å². The third kappa shape index (κ3) is 6.30. The van der Waals surface area contributed by atoms with Crippen molar-refractivity contribution in [2.45, 2.75) is 25.4 Å². The molecular weight excluding hydrogens is 619 g/mol. The van der Waals surface area contributed by atoms with Crippen molar-refractivity contribution in [1.82, 2.24) is 15.8 Å². The molecule has 236 valence electrons. The highest BCUT2D eigenvalue weighted by molar-refractivity contribution is 7.20. The van der Waals surface area contributed by atoms with Crippen molar-refractivity contribution < 1.29 is 24.2 Å². The second kappa shape index (κ2) is 13.4. The van der Waals surface area contributed by atoms with Gasteiger partial charge in [0.25, 0.3) is 5.91 Å². The number of hydrogen-bond acceptors (Lipinski definition) is 10. The smallest absolute Gasteiger partial charge is 0.284 e. The summed E-state index contributed by atoms with van der Waals surface area (Å²) < 4.78 is 21.0. The first-order valence-corrected chi connectivity index (χ1v) is 15.6. The number of halogens is 1. The maximum Gasteiger partial charge on any atom is 0.284 e. The number of benzene rings is 3. The fourth-order valence-corrected chi connectivity index (χ4v) is 6.91. The van der Waals surface area contributed by atoms with Crippen LogP contribution in [0.25, 0.3) is 32.3 Å². The number of nitriles is 2. The molecule has 47 heavy (non-hydrogen) atoms. The summed E-state index contributed by atoms with van der Waals surface area (Å²) in [4.78, 5) is 19.0. The SMILES string of the molecule is COc1ccc(-c2cnc(N3CCC(NCc4ccc5cc(C(=O)NO)sc5c4)CC3)c(C#N)c2-c2ccc(C#N)c(F)c2)cc1O. The molecule has 1 fully saturated rings. The Morgan fingerprint density at radius 3 is 2.55 bits per heavy atom. The van der Waals surface area contributed by atoms with Crippen LogP contribution in [-0.2, 0) is 6.54 Å². The number of nitrogens with one attached hydrogen (secondary N) is 2. The first kappa shape index (κ1) is 31.5. The number of hydrogen-bond donors (Lipinski definition) is 4.